The molecule has 1 aromatic carbocycles. The molecule has 0 radical (unpaired) electrons. The van der Waals surface area contributed by atoms with Crippen LogP contribution >= 0.6 is 15.9 Å². The van der Waals surface area contributed by atoms with Crippen LogP contribution in [-0.4, -0.2) is 20.7 Å². The standard InChI is InChI=1S/C13H10BrF2N3O2/c1-7(14)13(20)19-11-5-18-12(6-17-11)21-10-3-2-8(15)4-9(10)16/h2-7H,1H3,(H,17,19,20). The largest absolute Gasteiger partial charge is 0.434 e. The van der Waals surface area contributed by atoms with Gasteiger partial charge in [0.25, 0.3) is 0 Å². The summed E-state index contributed by atoms with van der Waals surface area (Å²) in [5.41, 5.74) is 0. The van der Waals surface area contributed by atoms with Gasteiger partial charge in [0.05, 0.1) is 17.2 Å². The van der Waals surface area contributed by atoms with Crippen molar-refractivity contribution >= 4 is 27.7 Å². The Bertz CT molecular complexity index is 650. The van der Waals surface area contributed by atoms with E-state index in [0.717, 1.165) is 12.1 Å². The number of aromatic nitrogens is 2. The Kier molecular flexibility index (Phi) is 4.79. The normalized spacial score (nSPS) is 11.8. The van der Waals surface area contributed by atoms with Crippen molar-refractivity contribution < 1.29 is 18.3 Å². The van der Waals surface area contributed by atoms with Crippen molar-refractivity contribution in [3.63, 3.8) is 0 Å². The summed E-state index contributed by atoms with van der Waals surface area (Å²) in [5.74, 6) is -1.74. The third-order valence-corrected chi connectivity index (χ3v) is 2.76. The predicted molar refractivity (Wildman–Crippen MR) is 75.5 cm³/mol. The molecule has 8 heteroatoms. The molecule has 0 aliphatic carbocycles. The lowest BCUT2D eigenvalue weighted by atomic mass is 10.3. The van der Waals surface area contributed by atoms with Crippen LogP contribution in [0, 0.1) is 11.6 Å². The molecule has 1 N–H and O–H groups in total. The highest BCUT2D eigenvalue weighted by Crippen LogP contribution is 2.23. The molecule has 0 aliphatic heterocycles. The van der Waals surface area contributed by atoms with Gasteiger partial charge in [-0.2, -0.15) is 0 Å². The highest BCUT2D eigenvalue weighted by Gasteiger charge is 2.11. The number of hydrogen-bond acceptors (Lipinski definition) is 4. The number of alkyl halides is 1. The molecule has 0 aliphatic rings. The Morgan fingerprint density at radius 2 is 2.10 bits per heavy atom. The number of halogens is 3. The maximum Gasteiger partial charge on any atom is 0.239 e. The fourth-order valence-corrected chi connectivity index (χ4v) is 1.44. The van der Waals surface area contributed by atoms with Gasteiger partial charge in [-0.25, -0.2) is 18.7 Å². The Morgan fingerprint density at radius 1 is 1.33 bits per heavy atom. The zero-order valence-electron chi connectivity index (χ0n) is 10.8. The Labute approximate surface area is 127 Å². The van der Waals surface area contributed by atoms with E-state index in [2.05, 4.69) is 31.2 Å². The summed E-state index contributed by atoms with van der Waals surface area (Å²) in [6.07, 6.45) is 2.49. The van der Waals surface area contributed by atoms with Crippen molar-refractivity contribution in [1.82, 2.24) is 9.97 Å². The molecule has 21 heavy (non-hydrogen) atoms. The van der Waals surface area contributed by atoms with Crippen LogP contribution in [-0.2, 0) is 4.79 Å². The monoisotopic (exact) mass is 357 g/mol. The number of amides is 1. The van der Waals surface area contributed by atoms with Crippen molar-refractivity contribution in [2.24, 2.45) is 0 Å². The molecule has 0 fully saturated rings. The van der Waals surface area contributed by atoms with Crippen LogP contribution in [0.1, 0.15) is 6.92 Å². The summed E-state index contributed by atoms with van der Waals surface area (Å²) in [6, 6.07) is 2.92. The average Bonchev–Trinajstić information content (AvgIpc) is 2.43. The van der Waals surface area contributed by atoms with Gasteiger partial charge in [-0.05, 0) is 19.1 Å². The first-order chi connectivity index (χ1) is 9.95. The molecule has 0 bridgehead atoms. The first-order valence-electron chi connectivity index (χ1n) is 5.85. The lowest BCUT2D eigenvalue weighted by Crippen LogP contribution is -2.20. The predicted octanol–water partition coefficient (Wildman–Crippen LogP) is 3.27. The van der Waals surface area contributed by atoms with Gasteiger partial charge in [0, 0.05) is 6.07 Å². The van der Waals surface area contributed by atoms with E-state index in [1.807, 2.05) is 0 Å². The molecule has 1 heterocycles. The van der Waals surface area contributed by atoms with Crippen molar-refractivity contribution in [3.05, 3.63) is 42.2 Å². The third kappa shape index (κ3) is 4.19. The van der Waals surface area contributed by atoms with Crippen molar-refractivity contribution in [2.75, 3.05) is 5.32 Å². The number of nitrogens with one attached hydrogen (secondary N) is 1. The molecule has 110 valence electrons. The minimum absolute atomic E-state index is 0.0189. The van der Waals surface area contributed by atoms with Gasteiger partial charge in [0.2, 0.25) is 11.8 Å². The van der Waals surface area contributed by atoms with Crippen molar-refractivity contribution in [2.45, 2.75) is 11.8 Å². The minimum atomic E-state index is -0.845. The maximum absolute atomic E-state index is 13.4. The smallest absolute Gasteiger partial charge is 0.239 e. The highest BCUT2D eigenvalue weighted by molar-refractivity contribution is 9.10. The highest BCUT2D eigenvalue weighted by atomic mass is 79.9. The van der Waals surface area contributed by atoms with Crippen LogP contribution < -0.4 is 10.1 Å². The zero-order chi connectivity index (χ0) is 15.4. The topological polar surface area (TPSA) is 64.1 Å². The van der Waals surface area contributed by atoms with Crippen LogP contribution in [0.25, 0.3) is 0 Å². The molecule has 1 aromatic heterocycles. The minimum Gasteiger partial charge on any atom is -0.434 e. The van der Waals surface area contributed by atoms with Crippen LogP contribution in [0.4, 0.5) is 14.6 Å². The summed E-state index contributed by atoms with van der Waals surface area (Å²) in [7, 11) is 0. The van der Waals surface area contributed by atoms with Crippen molar-refractivity contribution in [3.8, 4) is 11.6 Å². The van der Waals surface area contributed by atoms with Gasteiger partial charge < -0.3 is 10.1 Å². The van der Waals surface area contributed by atoms with E-state index in [0.29, 0.717) is 6.07 Å². The van der Waals surface area contributed by atoms with E-state index in [1.54, 1.807) is 6.92 Å². The van der Waals surface area contributed by atoms with Gasteiger partial charge >= 0.3 is 0 Å². The van der Waals surface area contributed by atoms with Crippen LogP contribution in [0.2, 0.25) is 0 Å². The molecule has 1 unspecified atom stereocenters. The number of anilines is 1. The summed E-state index contributed by atoms with van der Waals surface area (Å²) < 4.78 is 31.3. The third-order valence-electron chi connectivity index (χ3n) is 2.35. The number of rotatable bonds is 4. The second-order valence-electron chi connectivity index (χ2n) is 4.02. The molecule has 2 rings (SSSR count). The fourth-order valence-electron chi connectivity index (χ4n) is 1.33. The quantitative estimate of drug-likeness (QED) is 0.853. The van der Waals surface area contributed by atoms with Gasteiger partial charge in [-0.1, -0.05) is 15.9 Å². The van der Waals surface area contributed by atoms with Crippen LogP contribution in [0.3, 0.4) is 0 Å². The number of benzene rings is 1. The molecular formula is C13H10BrF2N3O2. The van der Waals surface area contributed by atoms with Gasteiger partial charge in [-0.3, -0.25) is 4.79 Å². The first kappa shape index (κ1) is 15.3. The summed E-state index contributed by atoms with van der Waals surface area (Å²) >= 11 is 3.11. The summed E-state index contributed by atoms with van der Waals surface area (Å²) in [4.78, 5) is 18.8. The molecular weight excluding hydrogens is 348 g/mol. The second kappa shape index (κ2) is 6.57. The zero-order valence-corrected chi connectivity index (χ0v) is 12.4. The number of nitrogens with zero attached hydrogens (tertiary/aromatic N) is 2. The number of carbonyl (C=O) groups excluding carboxylic acids is 1. The van der Waals surface area contributed by atoms with E-state index in [9.17, 15) is 13.6 Å². The first-order valence-corrected chi connectivity index (χ1v) is 6.77. The summed E-state index contributed by atoms with van der Waals surface area (Å²) in [5, 5.41) is 2.51. The van der Waals surface area contributed by atoms with E-state index >= 15 is 0 Å². The lowest BCUT2D eigenvalue weighted by Gasteiger charge is -2.07. The van der Waals surface area contributed by atoms with E-state index in [4.69, 9.17) is 4.74 Å². The van der Waals surface area contributed by atoms with Gasteiger partial charge in [0.15, 0.2) is 17.4 Å². The second-order valence-corrected chi connectivity index (χ2v) is 5.40. The van der Waals surface area contributed by atoms with E-state index in [-0.39, 0.29) is 28.2 Å². The fraction of sp³-hybridized carbons (Fsp3) is 0.154. The lowest BCUT2D eigenvalue weighted by molar-refractivity contribution is -0.115. The van der Waals surface area contributed by atoms with Crippen LogP contribution in [0.15, 0.2) is 30.6 Å². The molecule has 1 atom stereocenters. The number of carbonyl (C=O) groups is 1. The average molecular weight is 358 g/mol. The summed E-state index contributed by atoms with van der Waals surface area (Å²) in [6.45, 7) is 1.66. The Hall–Kier alpha value is -2.09. The van der Waals surface area contributed by atoms with Gasteiger partial charge in [0.1, 0.15) is 5.82 Å². The SMILES string of the molecule is CC(Br)C(=O)Nc1cnc(Oc2ccc(F)cc2F)cn1. The molecule has 5 nitrogen and oxygen atoms in total. The van der Waals surface area contributed by atoms with Crippen LogP contribution in [0.5, 0.6) is 11.6 Å². The number of hydrogen-bond donors (Lipinski definition) is 1. The van der Waals surface area contributed by atoms with E-state index in [1.165, 1.54) is 12.4 Å². The molecule has 1 amide bonds. The molecule has 0 spiro atoms. The molecule has 0 saturated heterocycles. The Morgan fingerprint density at radius 3 is 2.67 bits per heavy atom. The van der Waals surface area contributed by atoms with Gasteiger partial charge in [-0.15, -0.1) is 0 Å². The van der Waals surface area contributed by atoms with Crippen molar-refractivity contribution in [1.29, 1.82) is 0 Å². The number of ether oxygens (including phenoxy) is 1. The molecule has 0 saturated carbocycles. The van der Waals surface area contributed by atoms with E-state index < -0.39 is 11.6 Å². The maximum atomic E-state index is 13.4. The molecule has 2 aromatic rings. The Balaban J connectivity index is 2.07.